The highest BCUT2D eigenvalue weighted by Gasteiger charge is 2.59. The normalized spacial score (nSPS) is 22.4. The Morgan fingerprint density at radius 1 is 0.600 bits per heavy atom. The first kappa shape index (κ1) is 34.0. The molecule has 2 aromatic carbocycles. The van der Waals surface area contributed by atoms with Gasteiger partial charge in [0.1, 0.15) is 6.10 Å². The van der Waals surface area contributed by atoms with E-state index in [1.54, 1.807) is 46.2 Å². The molecule has 2 spiro atoms. The van der Waals surface area contributed by atoms with E-state index < -0.39 is 46.7 Å². The number of hydrogen-bond donors (Lipinski definition) is 1. The molecular formula is C44H30F4O4S3. The second-order valence-electron chi connectivity index (χ2n) is 15.8. The molecule has 6 aliphatic rings. The maximum atomic E-state index is 14.2. The zero-order valence-electron chi connectivity index (χ0n) is 29.2. The van der Waals surface area contributed by atoms with Crippen molar-refractivity contribution in [2.45, 2.75) is 81.1 Å². The van der Waals surface area contributed by atoms with Gasteiger partial charge in [-0.3, -0.25) is 14.4 Å². The van der Waals surface area contributed by atoms with Crippen molar-refractivity contribution in [3.05, 3.63) is 124 Å². The van der Waals surface area contributed by atoms with Crippen LogP contribution in [0, 0.1) is 23.3 Å². The Morgan fingerprint density at radius 2 is 1.16 bits per heavy atom. The number of Topliss-reactive ketones (excluding diaryl/α,β-unsaturated/α-hetero) is 3. The van der Waals surface area contributed by atoms with Crippen LogP contribution in [0.1, 0.15) is 138 Å². The number of thiophene rings is 3. The molecule has 3 aromatic heterocycles. The number of ketones is 3. The van der Waals surface area contributed by atoms with Crippen molar-refractivity contribution < 1.29 is 37.1 Å². The van der Waals surface area contributed by atoms with Crippen LogP contribution < -0.4 is 0 Å². The number of hydrogen-bond acceptors (Lipinski definition) is 7. The van der Waals surface area contributed by atoms with Gasteiger partial charge in [0.25, 0.3) is 0 Å². The molecule has 2 fully saturated rings. The van der Waals surface area contributed by atoms with Gasteiger partial charge in [0.15, 0.2) is 40.6 Å². The number of aliphatic hydroxyl groups excluding tert-OH is 1. The average Bonchev–Trinajstić information content (AvgIpc) is 4.01. The lowest BCUT2D eigenvalue weighted by Crippen LogP contribution is -2.28. The average molecular weight is 795 g/mol. The highest BCUT2D eigenvalue weighted by Crippen LogP contribution is 2.72. The Balaban J connectivity index is 1.04. The van der Waals surface area contributed by atoms with Crippen LogP contribution in [-0.4, -0.2) is 22.5 Å². The van der Waals surface area contributed by atoms with E-state index in [0.29, 0.717) is 0 Å². The molecule has 11 rings (SSSR count). The molecule has 1 N–H and O–H groups in total. The summed E-state index contributed by atoms with van der Waals surface area (Å²) in [6.07, 6.45) is 12.5. The molecule has 0 radical (unpaired) electrons. The SMILES string of the molecule is O=C1C(=Cc2cc3sc4c(c3s2)C2(CCCCC2)C2=C4C3(CCCCC3)c3cc(/C=C4\C(=O)c5cc(F)c(F)cc5C4O)sc32)C(=O)c2cc(F)c(F)cc21. The second kappa shape index (κ2) is 11.6. The summed E-state index contributed by atoms with van der Waals surface area (Å²) in [5.74, 6) is -6.25. The highest BCUT2D eigenvalue weighted by molar-refractivity contribution is 7.29. The highest BCUT2D eigenvalue weighted by atomic mass is 32.1. The van der Waals surface area contributed by atoms with E-state index in [0.717, 1.165) is 108 Å². The van der Waals surface area contributed by atoms with E-state index in [4.69, 9.17) is 0 Å². The van der Waals surface area contributed by atoms with Crippen LogP contribution in [0.2, 0.25) is 0 Å². The first-order valence-electron chi connectivity index (χ1n) is 18.7. The van der Waals surface area contributed by atoms with Gasteiger partial charge in [-0.1, -0.05) is 38.5 Å². The molecule has 0 saturated heterocycles. The quantitative estimate of drug-likeness (QED) is 0.110. The third-order valence-corrected chi connectivity index (χ3v) is 16.5. The number of fused-ring (bicyclic) bond motifs is 12. The van der Waals surface area contributed by atoms with Gasteiger partial charge in [0, 0.05) is 57.3 Å². The maximum absolute atomic E-state index is 14.2. The van der Waals surface area contributed by atoms with Crippen molar-refractivity contribution in [1.82, 2.24) is 0 Å². The molecule has 3 heterocycles. The van der Waals surface area contributed by atoms with Crippen LogP contribution in [0.5, 0.6) is 0 Å². The zero-order valence-corrected chi connectivity index (χ0v) is 31.6. The predicted molar refractivity (Wildman–Crippen MR) is 207 cm³/mol. The van der Waals surface area contributed by atoms with Crippen molar-refractivity contribution in [3.63, 3.8) is 0 Å². The second-order valence-corrected chi connectivity index (χ2v) is 19.0. The first-order valence-corrected chi connectivity index (χ1v) is 21.2. The van der Waals surface area contributed by atoms with Gasteiger partial charge in [0.2, 0.25) is 0 Å². The number of halogens is 4. The monoisotopic (exact) mass is 794 g/mol. The number of allylic oxidation sites excluding steroid dienone is 3. The summed E-state index contributed by atoms with van der Waals surface area (Å²) in [5.41, 5.74) is 4.88. The third-order valence-electron chi connectivity index (χ3n) is 13.0. The van der Waals surface area contributed by atoms with Crippen molar-refractivity contribution in [2.75, 3.05) is 0 Å². The molecule has 1 atom stereocenters. The van der Waals surface area contributed by atoms with E-state index in [9.17, 15) is 37.1 Å². The molecule has 55 heavy (non-hydrogen) atoms. The van der Waals surface area contributed by atoms with Crippen LogP contribution in [0.25, 0.3) is 32.7 Å². The van der Waals surface area contributed by atoms with Crippen LogP contribution in [0.4, 0.5) is 17.6 Å². The minimum absolute atomic E-state index is 0.0131. The van der Waals surface area contributed by atoms with Crippen LogP contribution in [0.3, 0.4) is 0 Å². The topological polar surface area (TPSA) is 71.4 Å². The van der Waals surface area contributed by atoms with Crippen molar-refractivity contribution >= 4 is 84.1 Å². The lowest BCUT2D eigenvalue weighted by molar-refractivity contribution is 0.0986. The Hall–Kier alpha value is -4.29. The summed E-state index contributed by atoms with van der Waals surface area (Å²) in [4.78, 5) is 44.1. The molecular weight excluding hydrogens is 765 g/mol. The lowest BCUT2D eigenvalue weighted by Gasteiger charge is -2.37. The summed E-state index contributed by atoms with van der Waals surface area (Å²) in [6, 6.07) is 7.65. The van der Waals surface area contributed by atoms with Crippen LogP contribution in [-0.2, 0) is 10.8 Å². The molecule has 5 aromatic rings. The van der Waals surface area contributed by atoms with Gasteiger partial charge < -0.3 is 5.11 Å². The first-order chi connectivity index (χ1) is 26.5. The van der Waals surface area contributed by atoms with Crippen LogP contribution in [0.15, 0.2) is 47.5 Å². The number of aliphatic hydroxyl groups is 1. The lowest BCUT2D eigenvalue weighted by atomic mass is 9.67. The molecule has 11 heteroatoms. The predicted octanol–water partition coefficient (Wildman–Crippen LogP) is 11.7. The van der Waals surface area contributed by atoms with E-state index in [2.05, 4.69) is 6.07 Å². The van der Waals surface area contributed by atoms with E-state index in [1.807, 2.05) is 6.07 Å². The standard InChI is InChI=1S/C44H30F4O4S3/c45-28-15-21-22(16-29(28)46)37(50)25(36(21)49)11-19-13-27-40(53-19)33-34(43(27)7-3-1-4-8-43)42-35(44(33)9-5-2-6-10-44)41-32(55-42)14-20(54-41)12-26-38(51)23-17-30(47)31(48)18-24(23)39(26)52/h11-18,36,49H,1-10H2/b25-11-. The molecule has 4 nitrogen and oxygen atoms in total. The number of carbonyl (C=O) groups excluding carboxylic acids is 3. The molecule has 2 saturated carbocycles. The van der Waals surface area contributed by atoms with Gasteiger partial charge in [-0.05, 0) is 102 Å². The Bertz CT molecular complexity index is 2700. The fourth-order valence-electron chi connectivity index (χ4n) is 10.7. The zero-order chi connectivity index (χ0) is 37.7. The molecule has 276 valence electrons. The number of rotatable bonds is 2. The summed E-state index contributed by atoms with van der Waals surface area (Å²) < 4.78 is 58.6. The Morgan fingerprint density at radius 3 is 1.82 bits per heavy atom. The van der Waals surface area contributed by atoms with Gasteiger partial charge in [-0.2, -0.15) is 0 Å². The minimum Gasteiger partial charge on any atom is -0.383 e. The van der Waals surface area contributed by atoms with Gasteiger partial charge in [-0.15, -0.1) is 34.0 Å². The van der Waals surface area contributed by atoms with Gasteiger partial charge in [-0.25, -0.2) is 17.6 Å². The maximum Gasteiger partial charge on any atom is 0.197 e. The van der Waals surface area contributed by atoms with Crippen molar-refractivity contribution in [3.8, 4) is 0 Å². The summed E-state index contributed by atoms with van der Waals surface area (Å²) in [6.45, 7) is 0. The largest absolute Gasteiger partial charge is 0.383 e. The van der Waals surface area contributed by atoms with Gasteiger partial charge in [0.05, 0.1) is 10.3 Å². The Kier molecular flexibility index (Phi) is 7.19. The molecule has 6 aliphatic carbocycles. The fourth-order valence-corrected chi connectivity index (χ4v) is 15.0. The van der Waals surface area contributed by atoms with Crippen molar-refractivity contribution in [1.29, 1.82) is 0 Å². The summed E-state index contributed by atoms with van der Waals surface area (Å²) in [5, 5.41) is 11.2. The van der Waals surface area contributed by atoms with Crippen LogP contribution >= 0.6 is 34.0 Å². The summed E-state index contributed by atoms with van der Waals surface area (Å²) >= 11 is 4.98. The fraction of sp³-hybridized carbons (Fsp3) is 0.295. The van der Waals surface area contributed by atoms with Crippen molar-refractivity contribution in [2.24, 2.45) is 0 Å². The van der Waals surface area contributed by atoms with E-state index in [1.165, 1.54) is 32.0 Å². The molecule has 0 aliphatic heterocycles. The third kappa shape index (κ3) is 4.44. The van der Waals surface area contributed by atoms with E-state index in [-0.39, 0.29) is 44.2 Å². The van der Waals surface area contributed by atoms with E-state index >= 15 is 0 Å². The van der Waals surface area contributed by atoms with Gasteiger partial charge >= 0.3 is 0 Å². The number of carbonyl (C=O) groups is 3. The minimum atomic E-state index is -1.35. The molecule has 0 bridgehead atoms. The summed E-state index contributed by atoms with van der Waals surface area (Å²) in [7, 11) is 0. The molecule has 0 amide bonds. The smallest absolute Gasteiger partial charge is 0.197 e. The Labute approximate surface area is 324 Å². The number of benzene rings is 2. The molecule has 1 unspecified atom stereocenters.